The van der Waals surface area contributed by atoms with Gasteiger partial charge in [-0.25, -0.2) is 0 Å². The lowest BCUT2D eigenvalue weighted by molar-refractivity contribution is 0.483. The molecule has 8 N–H and O–H groups in total. The van der Waals surface area contributed by atoms with Crippen LogP contribution in [-0.4, -0.2) is 24.9 Å². The smallest absolute Gasteiger partial charge is 0.294 e. The van der Waals surface area contributed by atoms with Gasteiger partial charge in [-0.2, -0.15) is 8.42 Å². The van der Waals surface area contributed by atoms with E-state index < -0.39 is 10.1 Å². The Bertz CT molecular complexity index is 473. The molecule has 9 heteroatoms. The van der Waals surface area contributed by atoms with Gasteiger partial charge in [0.15, 0.2) is 11.9 Å². The zero-order valence-electron chi connectivity index (χ0n) is 8.71. The quantitative estimate of drug-likeness (QED) is 0.221. The van der Waals surface area contributed by atoms with Gasteiger partial charge < -0.3 is 11.5 Å². The van der Waals surface area contributed by atoms with Crippen LogP contribution in [0.2, 0.25) is 0 Å². The fourth-order valence-corrected chi connectivity index (χ4v) is 1.24. The fourth-order valence-electron chi connectivity index (χ4n) is 0.738. The van der Waals surface area contributed by atoms with Crippen molar-refractivity contribution in [2.45, 2.75) is 4.90 Å². The van der Waals surface area contributed by atoms with E-state index in [9.17, 15) is 8.42 Å². The number of hydrogen-bond acceptors (Lipinski definition) is 4. The second-order valence-corrected chi connectivity index (χ2v) is 4.16. The number of nitrogens with one attached hydrogen (secondary N) is 3. The van der Waals surface area contributed by atoms with Gasteiger partial charge in [-0.1, -0.05) is 18.2 Å². The molecular weight excluding hydrogens is 246 g/mol. The molecule has 1 rings (SSSR count). The van der Waals surface area contributed by atoms with Crippen molar-refractivity contribution in [1.82, 2.24) is 5.32 Å². The number of hydrogen-bond donors (Lipinski definition) is 6. The summed E-state index contributed by atoms with van der Waals surface area (Å²) in [6, 6.07) is 7.42. The van der Waals surface area contributed by atoms with Crippen molar-refractivity contribution in [3.05, 3.63) is 30.3 Å². The molecule has 0 atom stereocenters. The third kappa shape index (κ3) is 7.76. The standard InChI is InChI=1S/C6H6O3S.C2H7N5/c7-10(8,9)6-4-2-1-3-5-6;3-1(4)7-2(5)6/h1-5H,(H,7,8,9);(H7,3,4,5,6,7). The van der Waals surface area contributed by atoms with E-state index in [-0.39, 0.29) is 16.8 Å². The molecule has 17 heavy (non-hydrogen) atoms. The van der Waals surface area contributed by atoms with Crippen LogP contribution in [0.3, 0.4) is 0 Å². The molecule has 0 aliphatic carbocycles. The molecule has 0 saturated carbocycles. The van der Waals surface area contributed by atoms with Crippen LogP contribution in [0.1, 0.15) is 0 Å². The van der Waals surface area contributed by atoms with E-state index in [1.54, 1.807) is 18.2 Å². The second-order valence-electron chi connectivity index (χ2n) is 2.74. The first-order valence-corrected chi connectivity index (χ1v) is 5.65. The SMILES string of the molecule is N=C(N)NC(=N)N.O=S(=O)(O)c1ccccc1. The monoisotopic (exact) mass is 259 g/mol. The third-order valence-electron chi connectivity index (χ3n) is 1.31. The summed E-state index contributed by atoms with van der Waals surface area (Å²) >= 11 is 0. The maximum atomic E-state index is 10.4. The maximum Gasteiger partial charge on any atom is 0.294 e. The van der Waals surface area contributed by atoms with Crippen molar-refractivity contribution in [3.63, 3.8) is 0 Å². The number of guanidine groups is 2. The van der Waals surface area contributed by atoms with Gasteiger partial charge in [0.2, 0.25) is 0 Å². The second kappa shape index (κ2) is 6.45. The Morgan fingerprint density at radius 1 is 1.12 bits per heavy atom. The largest absolute Gasteiger partial charge is 0.370 e. The molecule has 0 radical (unpaired) electrons. The molecule has 0 aliphatic rings. The average molecular weight is 259 g/mol. The normalized spacial score (nSPS) is 9.71. The molecule has 0 heterocycles. The molecule has 0 saturated heterocycles. The van der Waals surface area contributed by atoms with E-state index in [0.717, 1.165) is 0 Å². The van der Waals surface area contributed by atoms with Gasteiger partial charge >= 0.3 is 0 Å². The Hall–Kier alpha value is -2.13. The summed E-state index contributed by atoms with van der Waals surface area (Å²) in [5.41, 5.74) is 9.49. The Kier molecular flexibility index (Phi) is 5.64. The summed E-state index contributed by atoms with van der Waals surface area (Å²) in [5, 5.41) is 15.0. The molecule has 0 bridgehead atoms. The van der Waals surface area contributed by atoms with E-state index >= 15 is 0 Å². The molecule has 1 aromatic carbocycles. The van der Waals surface area contributed by atoms with E-state index in [1.807, 2.05) is 5.32 Å². The highest BCUT2D eigenvalue weighted by molar-refractivity contribution is 7.85. The fraction of sp³-hybridized carbons (Fsp3) is 0. The van der Waals surface area contributed by atoms with Crippen LogP contribution in [0.15, 0.2) is 35.2 Å². The number of nitrogens with two attached hydrogens (primary N) is 2. The van der Waals surface area contributed by atoms with Gasteiger partial charge in [-0.3, -0.25) is 20.7 Å². The van der Waals surface area contributed by atoms with Gasteiger partial charge in [-0.15, -0.1) is 0 Å². The van der Waals surface area contributed by atoms with Gasteiger partial charge in [0.1, 0.15) is 0 Å². The predicted octanol–water partition coefficient (Wildman–Crippen LogP) is -0.704. The molecule has 0 aliphatic heterocycles. The number of benzene rings is 1. The van der Waals surface area contributed by atoms with Gasteiger partial charge in [-0.05, 0) is 12.1 Å². The lowest BCUT2D eigenvalue weighted by atomic mass is 10.4. The molecule has 94 valence electrons. The van der Waals surface area contributed by atoms with Crippen molar-refractivity contribution in [1.29, 1.82) is 10.8 Å². The molecule has 0 aromatic heterocycles. The molecule has 0 amide bonds. The van der Waals surface area contributed by atoms with Crippen molar-refractivity contribution in [3.8, 4) is 0 Å². The Morgan fingerprint density at radius 2 is 1.53 bits per heavy atom. The molecule has 1 aromatic rings. The predicted molar refractivity (Wildman–Crippen MR) is 63.2 cm³/mol. The van der Waals surface area contributed by atoms with Crippen LogP contribution in [0, 0.1) is 10.8 Å². The van der Waals surface area contributed by atoms with Crippen molar-refractivity contribution in [2.24, 2.45) is 11.5 Å². The zero-order chi connectivity index (χ0) is 13.5. The zero-order valence-corrected chi connectivity index (χ0v) is 9.53. The van der Waals surface area contributed by atoms with Crippen LogP contribution < -0.4 is 16.8 Å². The first kappa shape index (κ1) is 14.9. The summed E-state index contributed by atoms with van der Waals surface area (Å²) in [6.07, 6.45) is 0. The molecule has 0 unspecified atom stereocenters. The summed E-state index contributed by atoms with van der Waals surface area (Å²) in [5.74, 6) is -0.625. The van der Waals surface area contributed by atoms with Crippen molar-refractivity contribution >= 4 is 22.0 Å². The van der Waals surface area contributed by atoms with Crippen LogP contribution in [0.25, 0.3) is 0 Å². The molecule has 0 spiro atoms. The van der Waals surface area contributed by atoms with Crippen LogP contribution in [0.4, 0.5) is 0 Å². The van der Waals surface area contributed by atoms with E-state index in [2.05, 4.69) is 0 Å². The first-order chi connectivity index (χ1) is 7.73. The minimum absolute atomic E-state index is 0.0741. The maximum absolute atomic E-state index is 10.4. The van der Waals surface area contributed by atoms with Crippen LogP contribution >= 0.6 is 0 Å². The summed E-state index contributed by atoms with van der Waals surface area (Å²) in [7, 11) is -4.00. The Balaban J connectivity index is 0.000000325. The van der Waals surface area contributed by atoms with E-state index in [4.69, 9.17) is 26.8 Å². The summed E-state index contributed by atoms with van der Waals surface area (Å²) in [6.45, 7) is 0. The first-order valence-electron chi connectivity index (χ1n) is 4.21. The average Bonchev–Trinajstić information content (AvgIpc) is 2.16. The lowest BCUT2D eigenvalue weighted by Gasteiger charge is -1.95. The van der Waals surface area contributed by atoms with Crippen molar-refractivity contribution < 1.29 is 13.0 Å². The minimum Gasteiger partial charge on any atom is -0.370 e. The summed E-state index contributed by atoms with van der Waals surface area (Å²) in [4.78, 5) is -0.0741. The molecular formula is C8H13N5O3S. The van der Waals surface area contributed by atoms with Crippen LogP contribution in [-0.2, 0) is 10.1 Å². The topological polar surface area (TPSA) is 166 Å². The Morgan fingerprint density at radius 3 is 1.71 bits per heavy atom. The third-order valence-corrected chi connectivity index (χ3v) is 2.18. The lowest BCUT2D eigenvalue weighted by Crippen LogP contribution is -2.39. The van der Waals surface area contributed by atoms with Gasteiger partial charge in [0.25, 0.3) is 10.1 Å². The number of rotatable bonds is 1. The minimum atomic E-state index is -4.00. The van der Waals surface area contributed by atoms with Crippen molar-refractivity contribution in [2.75, 3.05) is 0 Å². The van der Waals surface area contributed by atoms with Gasteiger partial charge in [0, 0.05) is 0 Å². The van der Waals surface area contributed by atoms with E-state index in [0.29, 0.717) is 0 Å². The summed E-state index contributed by atoms with van der Waals surface area (Å²) < 4.78 is 29.2. The van der Waals surface area contributed by atoms with Gasteiger partial charge in [0.05, 0.1) is 4.90 Å². The highest BCUT2D eigenvalue weighted by atomic mass is 32.2. The van der Waals surface area contributed by atoms with E-state index in [1.165, 1.54) is 12.1 Å². The molecule has 0 fully saturated rings. The molecule has 8 nitrogen and oxygen atoms in total. The van der Waals surface area contributed by atoms with Crippen LogP contribution in [0.5, 0.6) is 0 Å². The highest BCUT2D eigenvalue weighted by Crippen LogP contribution is 2.05. The Labute approximate surface area is 98.4 Å². The highest BCUT2D eigenvalue weighted by Gasteiger charge is 2.05.